The summed E-state index contributed by atoms with van der Waals surface area (Å²) in [6.07, 6.45) is 2.44. The number of nitrogens with zero attached hydrogens (tertiary/aromatic N) is 2. The minimum Gasteiger partial charge on any atom is -0.469 e. The maximum atomic E-state index is 12.9. The molecule has 1 aromatic heterocycles. The maximum Gasteiger partial charge on any atom is 0.193 e. The highest BCUT2D eigenvalue weighted by Gasteiger charge is 2.06. The number of hydrogen-bond acceptors (Lipinski definition) is 2. The third-order valence-electron chi connectivity index (χ3n) is 3.23. The molecule has 0 aliphatic heterocycles. The molecule has 1 aromatic carbocycles. The Morgan fingerprint density at radius 2 is 2.00 bits per heavy atom. The van der Waals surface area contributed by atoms with Crippen LogP contribution in [-0.2, 0) is 13.0 Å². The number of halogens is 2. The van der Waals surface area contributed by atoms with Gasteiger partial charge in [0.1, 0.15) is 11.6 Å². The van der Waals surface area contributed by atoms with Crippen molar-refractivity contribution in [2.24, 2.45) is 4.99 Å². The standard InChI is InChI=1S/C17H22FN3O.HI/c1-3-19-17(20-11-10-16-5-4-12-22-16)21(2)13-14-6-8-15(18)9-7-14;/h4-9,12H,3,10-11,13H2,1-2H3,(H,19,20);1H. The number of nitrogens with one attached hydrogen (secondary N) is 1. The zero-order chi connectivity index (χ0) is 15.8. The SMILES string of the molecule is CCNC(=NCCc1ccco1)N(C)Cc1ccc(F)cc1.I. The first-order chi connectivity index (χ1) is 10.7. The second kappa shape index (κ2) is 10.3. The van der Waals surface area contributed by atoms with E-state index < -0.39 is 0 Å². The van der Waals surface area contributed by atoms with Crippen LogP contribution >= 0.6 is 24.0 Å². The van der Waals surface area contributed by atoms with Crippen LogP contribution in [0.25, 0.3) is 0 Å². The first-order valence-corrected chi connectivity index (χ1v) is 7.45. The van der Waals surface area contributed by atoms with Crippen LogP contribution in [-0.4, -0.2) is 31.0 Å². The van der Waals surface area contributed by atoms with Gasteiger partial charge in [-0.25, -0.2) is 4.39 Å². The molecule has 126 valence electrons. The predicted molar refractivity (Wildman–Crippen MR) is 102 cm³/mol. The van der Waals surface area contributed by atoms with Crippen LogP contribution in [0, 0.1) is 5.82 Å². The van der Waals surface area contributed by atoms with Gasteiger partial charge in [0.25, 0.3) is 0 Å². The van der Waals surface area contributed by atoms with Crippen molar-refractivity contribution in [2.75, 3.05) is 20.1 Å². The molecule has 0 fully saturated rings. The van der Waals surface area contributed by atoms with Gasteiger partial charge in [0, 0.05) is 33.1 Å². The molecular weight excluding hydrogens is 408 g/mol. The number of aliphatic imine (C=N–C) groups is 1. The third-order valence-corrected chi connectivity index (χ3v) is 3.23. The van der Waals surface area contributed by atoms with Crippen molar-refractivity contribution >= 4 is 29.9 Å². The van der Waals surface area contributed by atoms with E-state index >= 15 is 0 Å². The summed E-state index contributed by atoms with van der Waals surface area (Å²) in [6.45, 7) is 4.16. The molecule has 1 N–H and O–H groups in total. The van der Waals surface area contributed by atoms with E-state index in [2.05, 4.69) is 10.3 Å². The highest BCUT2D eigenvalue weighted by atomic mass is 127. The number of benzene rings is 1. The smallest absolute Gasteiger partial charge is 0.193 e. The van der Waals surface area contributed by atoms with E-state index in [9.17, 15) is 4.39 Å². The predicted octanol–water partition coefficient (Wildman–Crippen LogP) is 3.68. The average molecular weight is 431 g/mol. The molecule has 6 heteroatoms. The first-order valence-electron chi connectivity index (χ1n) is 7.45. The molecule has 2 rings (SSSR count). The Balaban J connectivity index is 0.00000264. The van der Waals surface area contributed by atoms with Gasteiger partial charge in [0.05, 0.1) is 6.26 Å². The Morgan fingerprint density at radius 1 is 1.26 bits per heavy atom. The molecule has 0 bridgehead atoms. The summed E-state index contributed by atoms with van der Waals surface area (Å²) in [5.41, 5.74) is 1.04. The van der Waals surface area contributed by atoms with E-state index in [0.717, 1.165) is 30.2 Å². The Bertz CT molecular complexity index is 584. The summed E-state index contributed by atoms with van der Waals surface area (Å²) >= 11 is 0. The van der Waals surface area contributed by atoms with E-state index in [4.69, 9.17) is 4.42 Å². The van der Waals surface area contributed by atoms with Crippen molar-refractivity contribution in [1.82, 2.24) is 10.2 Å². The Morgan fingerprint density at radius 3 is 2.61 bits per heavy atom. The lowest BCUT2D eigenvalue weighted by Gasteiger charge is -2.22. The zero-order valence-electron chi connectivity index (χ0n) is 13.5. The molecule has 1 heterocycles. The zero-order valence-corrected chi connectivity index (χ0v) is 15.8. The van der Waals surface area contributed by atoms with Gasteiger partial charge in [-0.15, -0.1) is 24.0 Å². The molecule has 0 aliphatic rings. The van der Waals surface area contributed by atoms with Crippen LogP contribution in [0.5, 0.6) is 0 Å². The monoisotopic (exact) mass is 431 g/mol. The van der Waals surface area contributed by atoms with Gasteiger partial charge in [-0.3, -0.25) is 4.99 Å². The van der Waals surface area contributed by atoms with Crippen molar-refractivity contribution in [3.05, 3.63) is 59.8 Å². The molecule has 4 nitrogen and oxygen atoms in total. The van der Waals surface area contributed by atoms with Crippen molar-refractivity contribution in [1.29, 1.82) is 0 Å². The summed E-state index contributed by atoms with van der Waals surface area (Å²) in [5, 5.41) is 3.27. The Labute approximate surface area is 153 Å². The molecule has 0 aliphatic carbocycles. The third kappa shape index (κ3) is 6.60. The largest absolute Gasteiger partial charge is 0.469 e. The van der Waals surface area contributed by atoms with E-state index in [1.807, 2.05) is 31.0 Å². The lowest BCUT2D eigenvalue weighted by Crippen LogP contribution is -2.38. The van der Waals surface area contributed by atoms with E-state index in [0.29, 0.717) is 13.1 Å². The van der Waals surface area contributed by atoms with Gasteiger partial charge in [0.2, 0.25) is 0 Å². The van der Waals surface area contributed by atoms with Crippen molar-refractivity contribution in [3.63, 3.8) is 0 Å². The van der Waals surface area contributed by atoms with Gasteiger partial charge in [-0.2, -0.15) is 0 Å². The fourth-order valence-electron chi connectivity index (χ4n) is 2.14. The second-order valence-electron chi connectivity index (χ2n) is 5.05. The number of guanidine groups is 1. The number of hydrogen-bond donors (Lipinski definition) is 1. The molecule has 0 radical (unpaired) electrons. The maximum absolute atomic E-state index is 12.9. The lowest BCUT2D eigenvalue weighted by atomic mass is 10.2. The molecule has 0 spiro atoms. The molecule has 0 saturated carbocycles. The topological polar surface area (TPSA) is 40.8 Å². The molecule has 2 aromatic rings. The van der Waals surface area contributed by atoms with Crippen molar-refractivity contribution < 1.29 is 8.81 Å². The van der Waals surface area contributed by atoms with Crippen LogP contribution in [0.2, 0.25) is 0 Å². The minimum atomic E-state index is -0.217. The summed E-state index contributed by atoms with van der Waals surface area (Å²) in [4.78, 5) is 6.63. The lowest BCUT2D eigenvalue weighted by molar-refractivity contribution is 0.473. The molecule has 23 heavy (non-hydrogen) atoms. The summed E-state index contributed by atoms with van der Waals surface area (Å²) in [6, 6.07) is 10.4. The van der Waals surface area contributed by atoms with Gasteiger partial charge in [0.15, 0.2) is 5.96 Å². The molecule has 0 atom stereocenters. The van der Waals surface area contributed by atoms with Crippen LogP contribution in [0.1, 0.15) is 18.2 Å². The Hall–Kier alpha value is -1.57. The average Bonchev–Trinajstić information content (AvgIpc) is 3.02. The summed E-state index contributed by atoms with van der Waals surface area (Å²) in [5.74, 6) is 1.55. The highest BCUT2D eigenvalue weighted by Crippen LogP contribution is 2.06. The van der Waals surface area contributed by atoms with Crippen molar-refractivity contribution in [2.45, 2.75) is 19.9 Å². The number of furan rings is 1. The van der Waals surface area contributed by atoms with Gasteiger partial charge >= 0.3 is 0 Å². The molecular formula is C17H23FIN3O. The molecule has 0 unspecified atom stereocenters. The van der Waals surface area contributed by atoms with Crippen molar-refractivity contribution in [3.8, 4) is 0 Å². The highest BCUT2D eigenvalue weighted by molar-refractivity contribution is 14.0. The summed E-state index contributed by atoms with van der Waals surface area (Å²) in [7, 11) is 1.97. The van der Waals surface area contributed by atoms with E-state index in [1.165, 1.54) is 12.1 Å². The number of rotatable bonds is 6. The normalized spacial score (nSPS) is 11.0. The Kier molecular flexibility index (Phi) is 8.68. The first kappa shape index (κ1) is 19.5. The quantitative estimate of drug-likeness (QED) is 0.431. The fourth-order valence-corrected chi connectivity index (χ4v) is 2.14. The summed E-state index contributed by atoms with van der Waals surface area (Å²) < 4.78 is 18.2. The molecule has 0 amide bonds. The van der Waals surface area contributed by atoms with Gasteiger partial charge in [-0.1, -0.05) is 12.1 Å². The van der Waals surface area contributed by atoms with Crippen LogP contribution in [0.4, 0.5) is 4.39 Å². The van der Waals surface area contributed by atoms with Crippen LogP contribution in [0.15, 0.2) is 52.1 Å². The minimum absolute atomic E-state index is 0. The van der Waals surface area contributed by atoms with E-state index in [1.54, 1.807) is 18.4 Å². The van der Waals surface area contributed by atoms with Crippen LogP contribution < -0.4 is 5.32 Å². The second-order valence-corrected chi connectivity index (χ2v) is 5.05. The van der Waals surface area contributed by atoms with Crippen LogP contribution in [0.3, 0.4) is 0 Å². The molecule has 0 saturated heterocycles. The van der Waals surface area contributed by atoms with Gasteiger partial charge < -0.3 is 14.6 Å². The van der Waals surface area contributed by atoms with E-state index in [-0.39, 0.29) is 29.8 Å². The van der Waals surface area contributed by atoms with Gasteiger partial charge in [-0.05, 0) is 36.8 Å². The fraction of sp³-hybridized carbons (Fsp3) is 0.353.